The van der Waals surface area contributed by atoms with Gasteiger partial charge < -0.3 is 5.43 Å². The Kier molecular flexibility index (Phi) is 5.70. The van der Waals surface area contributed by atoms with Crippen molar-refractivity contribution in [3.8, 4) is 0 Å². The first-order valence-corrected chi connectivity index (χ1v) is 8.22. The minimum Gasteiger partial charge on any atom is -0.311 e. The van der Waals surface area contributed by atoms with Crippen LogP contribution in [0.25, 0.3) is 0 Å². The smallest absolute Gasteiger partial charge is 0.275 e. The quantitative estimate of drug-likeness (QED) is 0.792. The monoisotopic (exact) mass is 306 g/mol. The zero-order valence-corrected chi connectivity index (χ0v) is 11.8. The molecular formula is C11H18N2O4S2. The Morgan fingerprint density at radius 3 is 1.63 bits per heavy atom. The fraction of sp³-hybridized carbons (Fsp3) is 0.364. The van der Waals surface area contributed by atoms with Crippen LogP contribution in [0.1, 0.15) is 21.3 Å². The van der Waals surface area contributed by atoms with Crippen molar-refractivity contribution in [2.75, 3.05) is 7.05 Å². The Morgan fingerprint density at radius 2 is 1.32 bits per heavy atom. The van der Waals surface area contributed by atoms with Gasteiger partial charge >= 0.3 is 0 Å². The minimum atomic E-state index is -4.02. The summed E-state index contributed by atoms with van der Waals surface area (Å²) in [7, 11) is -6.70. The molecule has 0 fully saturated rings. The van der Waals surface area contributed by atoms with Crippen LogP contribution in [-0.2, 0) is 19.7 Å². The standard InChI is InChI=1S/C8H8N2O4S2.C2H6.CH4/c1-9-10-8-15(11,12)6-4-2-3-5-7(6)16(8,13)14;1-2;/h2-5,9H,1H3;1-2H3;1H4. The van der Waals surface area contributed by atoms with Crippen LogP contribution in [0.3, 0.4) is 0 Å². The van der Waals surface area contributed by atoms with E-state index in [4.69, 9.17) is 0 Å². The first kappa shape index (κ1) is 17.6. The summed E-state index contributed by atoms with van der Waals surface area (Å²) in [6, 6.07) is 5.43. The molecule has 0 saturated carbocycles. The number of sulfone groups is 2. The molecule has 1 aromatic rings. The van der Waals surface area contributed by atoms with E-state index < -0.39 is 24.1 Å². The number of hydrogen-bond acceptors (Lipinski definition) is 6. The van der Waals surface area contributed by atoms with Crippen LogP contribution in [-0.4, -0.2) is 28.3 Å². The van der Waals surface area contributed by atoms with Crippen LogP contribution >= 0.6 is 0 Å². The second kappa shape index (κ2) is 6.16. The van der Waals surface area contributed by atoms with Gasteiger partial charge in [-0.25, -0.2) is 16.8 Å². The lowest BCUT2D eigenvalue weighted by Crippen LogP contribution is -2.19. The van der Waals surface area contributed by atoms with E-state index in [2.05, 4.69) is 10.5 Å². The molecule has 0 aliphatic carbocycles. The summed E-state index contributed by atoms with van der Waals surface area (Å²) in [4.78, 5) is -0.437. The van der Waals surface area contributed by atoms with Crippen LogP contribution in [0.2, 0.25) is 0 Å². The van der Waals surface area contributed by atoms with Gasteiger partial charge in [0.05, 0.1) is 9.79 Å². The van der Waals surface area contributed by atoms with E-state index >= 15 is 0 Å². The molecule has 0 spiro atoms. The average molecular weight is 306 g/mol. The van der Waals surface area contributed by atoms with Gasteiger partial charge in [0.25, 0.3) is 4.38 Å². The van der Waals surface area contributed by atoms with Gasteiger partial charge in [0.2, 0.25) is 19.7 Å². The molecule has 0 saturated heterocycles. The van der Waals surface area contributed by atoms with E-state index in [1.54, 1.807) is 0 Å². The number of benzene rings is 1. The summed E-state index contributed by atoms with van der Waals surface area (Å²) >= 11 is 0. The number of nitrogens with zero attached hydrogens (tertiary/aromatic N) is 1. The van der Waals surface area contributed by atoms with E-state index in [1.165, 1.54) is 31.3 Å². The van der Waals surface area contributed by atoms with Crippen LogP contribution in [0, 0.1) is 0 Å². The molecule has 6 nitrogen and oxygen atoms in total. The van der Waals surface area contributed by atoms with Gasteiger partial charge in [0.15, 0.2) is 0 Å². The van der Waals surface area contributed by atoms with Crippen LogP contribution in [0.15, 0.2) is 39.2 Å². The highest BCUT2D eigenvalue weighted by Crippen LogP contribution is 2.33. The van der Waals surface area contributed by atoms with E-state index in [1.807, 2.05) is 13.8 Å². The fourth-order valence-corrected chi connectivity index (χ4v) is 5.77. The molecule has 0 amide bonds. The molecule has 1 aliphatic heterocycles. The van der Waals surface area contributed by atoms with Gasteiger partial charge in [-0.05, 0) is 12.1 Å². The largest absolute Gasteiger partial charge is 0.311 e. The summed E-state index contributed by atoms with van der Waals surface area (Å²) in [6.07, 6.45) is 0. The predicted molar refractivity (Wildman–Crippen MR) is 75.4 cm³/mol. The van der Waals surface area contributed by atoms with E-state index in [9.17, 15) is 16.8 Å². The van der Waals surface area contributed by atoms with Crippen molar-refractivity contribution in [1.82, 2.24) is 5.43 Å². The van der Waals surface area contributed by atoms with E-state index in [0.29, 0.717) is 0 Å². The molecule has 1 N–H and O–H groups in total. The molecule has 8 heteroatoms. The number of hydrazone groups is 1. The zero-order chi connectivity index (χ0) is 14.0. The maximum Gasteiger partial charge on any atom is 0.275 e. The number of hydrogen-bond donors (Lipinski definition) is 1. The first-order valence-electron chi connectivity index (χ1n) is 5.26. The molecule has 0 atom stereocenters. The van der Waals surface area contributed by atoms with Gasteiger partial charge in [0.1, 0.15) is 0 Å². The highest BCUT2D eigenvalue weighted by atomic mass is 32.3. The summed E-state index contributed by atoms with van der Waals surface area (Å²) in [5.41, 5.74) is 2.19. The topological polar surface area (TPSA) is 92.7 Å². The van der Waals surface area contributed by atoms with Crippen molar-refractivity contribution in [1.29, 1.82) is 0 Å². The second-order valence-corrected chi connectivity index (χ2v) is 6.98. The maximum atomic E-state index is 11.8. The van der Waals surface area contributed by atoms with Gasteiger partial charge in [-0.2, -0.15) is 5.10 Å². The van der Waals surface area contributed by atoms with E-state index in [-0.39, 0.29) is 17.2 Å². The SMILES string of the molecule is C.CC.CNN=C1S(=O)(=O)c2ccccc2S1(=O)=O. The first-order chi connectivity index (χ1) is 8.42. The third-order valence-corrected chi connectivity index (χ3v) is 6.51. The molecule has 0 aromatic heterocycles. The Morgan fingerprint density at radius 1 is 0.947 bits per heavy atom. The van der Waals surface area contributed by atoms with Crippen molar-refractivity contribution in [2.24, 2.45) is 5.10 Å². The predicted octanol–water partition coefficient (Wildman–Crippen LogP) is 1.40. The van der Waals surface area contributed by atoms with Crippen molar-refractivity contribution in [3.05, 3.63) is 24.3 Å². The van der Waals surface area contributed by atoms with Gasteiger partial charge in [-0.1, -0.05) is 33.4 Å². The van der Waals surface area contributed by atoms with Crippen LogP contribution < -0.4 is 5.43 Å². The summed E-state index contributed by atoms with van der Waals surface area (Å²) < 4.78 is 46.5. The van der Waals surface area contributed by atoms with Crippen molar-refractivity contribution < 1.29 is 16.8 Å². The van der Waals surface area contributed by atoms with Gasteiger partial charge in [-0.3, -0.25) is 0 Å². The third kappa shape index (κ3) is 2.64. The summed E-state index contributed by atoms with van der Waals surface area (Å²) in [6.45, 7) is 4.00. The van der Waals surface area contributed by atoms with Gasteiger partial charge in [-0.15, -0.1) is 0 Å². The molecule has 0 bridgehead atoms. The summed E-state index contributed by atoms with van der Waals surface area (Å²) in [5, 5.41) is 3.33. The Labute approximate surface area is 114 Å². The molecule has 1 heterocycles. The molecular weight excluding hydrogens is 288 g/mol. The van der Waals surface area contributed by atoms with Crippen molar-refractivity contribution >= 4 is 24.1 Å². The second-order valence-electron chi connectivity index (χ2n) is 3.05. The highest BCUT2D eigenvalue weighted by Gasteiger charge is 2.46. The van der Waals surface area contributed by atoms with Crippen molar-refractivity contribution in [2.45, 2.75) is 31.1 Å². The number of rotatable bonds is 1. The zero-order valence-electron chi connectivity index (χ0n) is 10.2. The molecule has 19 heavy (non-hydrogen) atoms. The van der Waals surface area contributed by atoms with Gasteiger partial charge in [0, 0.05) is 7.05 Å². The van der Waals surface area contributed by atoms with Crippen LogP contribution in [0.4, 0.5) is 0 Å². The lowest BCUT2D eigenvalue weighted by molar-refractivity contribution is 0.603. The minimum absolute atomic E-state index is 0. The Bertz CT molecular complexity index is 621. The van der Waals surface area contributed by atoms with Crippen LogP contribution in [0.5, 0.6) is 0 Å². The lowest BCUT2D eigenvalue weighted by Gasteiger charge is -1.94. The Hall–Kier alpha value is -1.41. The molecule has 108 valence electrons. The molecule has 2 rings (SSSR count). The molecule has 1 aliphatic rings. The number of nitrogens with one attached hydrogen (secondary N) is 1. The molecule has 0 unspecified atom stereocenters. The highest BCUT2D eigenvalue weighted by molar-refractivity contribution is 8.33. The fourth-order valence-electron chi connectivity index (χ4n) is 1.44. The summed E-state index contributed by atoms with van der Waals surface area (Å²) in [5.74, 6) is 0. The lowest BCUT2D eigenvalue weighted by atomic mass is 10.4. The maximum absolute atomic E-state index is 11.8. The third-order valence-electron chi connectivity index (χ3n) is 2.09. The normalized spacial score (nSPS) is 17.3. The molecule has 0 radical (unpaired) electrons. The average Bonchev–Trinajstić information content (AvgIpc) is 2.51. The van der Waals surface area contributed by atoms with E-state index in [0.717, 1.165) is 0 Å². The van der Waals surface area contributed by atoms with Crippen molar-refractivity contribution in [3.63, 3.8) is 0 Å². The Balaban J connectivity index is 0.00000103. The molecule has 1 aromatic carbocycles. The number of fused-ring (bicyclic) bond motifs is 1.